The third kappa shape index (κ3) is 2.25. The third-order valence-corrected chi connectivity index (χ3v) is 4.48. The minimum absolute atomic E-state index is 0.106. The molecule has 0 aliphatic heterocycles. The van der Waals surface area contributed by atoms with Crippen LogP contribution >= 0.6 is 0 Å². The molecular formula is C20H17NO2. The van der Waals surface area contributed by atoms with Gasteiger partial charge in [0.05, 0.1) is 12.8 Å². The molecule has 0 radical (unpaired) electrons. The van der Waals surface area contributed by atoms with E-state index in [1.807, 2.05) is 42.5 Å². The van der Waals surface area contributed by atoms with Gasteiger partial charge in [-0.15, -0.1) is 0 Å². The first kappa shape index (κ1) is 13.8. The molecule has 0 saturated carbocycles. The highest BCUT2D eigenvalue weighted by Crippen LogP contribution is 2.33. The van der Waals surface area contributed by atoms with E-state index in [-0.39, 0.29) is 5.91 Å². The number of hydrogen-bond acceptors (Lipinski definition) is 2. The Hall–Kier alpha value is -2.81. The number of nitrogens with one attached hydrogen (secondary N) is 1. The molecule has 1 aliphatic carbocycles. The van der Waals surface area contributed by atoms with Crippen LogP contribution in [0.1, 0.15) is 21.5 Å². The normalized spacial score (nSPS) is 12.4. The van der Waals surface area contributed by atoms with E-state index in [2.05, 4.69) is 17.4 Å². The molecule has 3 nitrogen and oxygen atoms in total. The van der Waals surface area contributed by atoms with Crippen LogP contribution in [0.2, 0.25) is 0 Å². The minimum atomic E-state index is -0.106. The number of rotatable bonds is 3. The molecule has 1 N–H and O–H groups in total. The highest BCUT2D eigenvalue weighted by Gasteiger charge is 2.19. The monoisotopic (exact) mass is 303 g/mol. The van der Waals surface area contributed by atoms with Crippen LogP contribution in [0, 0.1) is 0 Å². The van der Waals surface area contributed by atoms with E-state index in [1.165, 1.54) is 16.5 Å². The van der Waals surface area contributed by atoms with Gasteiger partial charge in [-0.1, -0.05) is 36.4 Å². The molecule has 0 atom stereocenters. The average molecular weight is 303 g/mol. The van der Waals surface area contributed by atoms with Crippen LogP contribution in [0.5, 0.6) is 5.75 Å². The molecule has 0 saturated heterocycles. The van der Waals surface area contributed by atoms with Crippen molar-refractivity contribution in [2.45, 2.75) is 12.8 Å². The van der Waals surface area contributed by atoms with Crippen molar-refractivity contribution in [1.29, 1.82) is 0 Å². The fourth-order valence-electron chi connectivity index (χ4n) is 3.38. The van der Waals surface area contributed by atoms with E-state index in [4.69, 9.17) is 4.74 Å². The van der Waals surface area contributed by atoms with Crippen molar-refractivity contribution < 1.29 is 9.53 Å². The van der Waals surface area contributed by atoms with Crippen LogP contribution < -0.4 is 10.1 Å². The second-order valence-electron chi connectivity index (χ2n) is 5.77. The van der Waals surface area contributed by atoms with Gasteiger partial charge in [-0.2, -0.15) is 0 Å². The number of carbonyl (C=O) groups excluding carboxylic acids is 1. The van der Waals surface area contributed by atoms with Crippen LogP contribution in [0.25, 0.3) is 10.8 Å². The molecule has 3 aromatic carbocycles. The van der Waals surface area contributed by atoms with E-state index in [1.54, 1.807) is 7.11 Å². The maximum atomic E-state index is 12.8. The summed E-state index contributed by atoms with van der Waals surface area (Å²) >= 11 is 0. The topological polar surface area (TPSA) is 38.3 Å². The molecular weight excluding hydrogens is 286 g/mol. The van der Waals surface area contributed by atoms with Crippen molar-refractivity contribution in [1.82, 2.24) is 0 Å². The average Bonchev–Trinajstić information content (AvgIpc) is 3.01. The first-order valence-electron chi connectivity index (χ1n) is 7.76. The van der Waals surface area contributed by atoms with Crippen molar-refractivity contribution in [2.75, 3.05) is 12.4 Å². The van der Waals surface area contributed by atoms with Crippen molar-refractivity contribution in [3.8, 4) is 5.75 Å². The van der Waals surface area contributed by atoms with E-state index in [9.17, 15) is 4.79 Å². The van der Waals surface area contributed by atoms with Gasteiger partial charge in [0.25, 0.3) is 5.91 Å². The lowest BCUT2D eigenvalue weighted by molar-refractivity contribution is 0.102. The molecule has 0 fully saturated rings. The summed E-state index contributed by atoms with van der Waals surface area (Å²) in [5.41, 5.74) is 4.07. The summed E-state index contributed by atoms with van der Waals surface area (Å²) in [6, 6.07) is 17.7. The molecule has 0 heterocycles. The standard InChI is InChI=1S/C20H17NO2/c1-23-18-8-3-2-7-17(18)21-20(22)16-12-11-14-10-9-13-5-4-6-15(16)19(13)14/h2-8,11-12H,9-10H2,1H3,(H,21,22). The molecule has 0 bridgehead atoms. The van der Waals surface area contributed by atoms with Crippen LogP contribution in [-0.4, -0.2) is 13.0 Å². The fraction of sp³-hybridized carbons (Fsp3) is 0.150. The molecule has 0 spiro atoms. The molecule has 4 rings (SSSR count). The van der Waals surface area contributed by atoms with Crippen LogP contribution in [0.3, 0.4) is 0 Å². The van der Waals surface area contributed by atoms with E-state index < -0.39 is 0 Å². The zero-order valence-corrected chi connectivity index (χ0v) is 12.9. The number of methoxy groups -OCH3 is 1. The molecule has 3 heteroatoms. The molecule has 3 aromatic rings. The number of amides is 1. The van der Waals surface area contributed by atoms with Crippen LogP contribution in [0.4, 0.5) is 5.69 Å². The van der Waals surface area contributed by atoms with Crippen LogP contribution in [0.15, 0.2) is 54.6 Å². The Bertz CT molecular complexity index is 904. The summed E-state index contributed by atoms with van der Waals surface area (Å²) in [4.78, 5) is 12.8. The second kappa shape index (κ2) is 5.43. The summed E-state index contributed by atoms with van der Waals surface area (Å²) in [5.74, 6) is 0.553. The maximum Gasteiger partial charge on any atom is 0.256 e. The number of ether oxygens (including phenoxy) is 1. The fourth-order valence-corrected chi connectivity index (χ4v) is 3.38. The lowest BCUT2D eigenvalue weighted by Gasteiger charge is -2.12. The lowest BCUT2D eigenvalue weighted by Crippen LogP contribution is -2.13. The van der Waals surface area contributed by atoms with Gasteiger partial charge in [0, 0.05) is 5.56 Å². The van der Waals surface area contributed by atoms with Gasteiger partial charge in [-0.25, -0.2) is 0 Å². The number of hydrogen-bond donors (Lipinski definition) is 1. The minimum Gasteiger partial charge on any atom is -0.495 e. The van der Waals surface area contributed by atoms with Gasteiger partial charge >= 0.3 is 0 Å². The van der Waals surface area contributed by atoms with Gasteiger partial charge in [-0.05, 0) is 52.9 Å². The Morgan fingerprint density at radius 2 is 1.74 bits per heavy atom. The summed E-state index contributed by atoms with van der Waals surface area (Å²) < 4.78 is 5.30. The summed E-state index contributed by atoms with van der Waals surface area (Å²) in [6.07, 6.45) is 2.12. The third-order valence-electron chi connectivity index (χ3n) is 4.48. The Labute approximate surface area is 134 Å². The summed E-state index contributed by atoms with van der Waals surface area (Å²) in [7, 11) is 1.60. The van der Waals surface area contributed by atoms with E-state index >= 15 is 0 Å². The summed E-state index contributed by atoms with van der Waals surface area (Å²) in [5, 5.41) is 5.25. The Morgan fingerprint density at radius 1 is 0.957 bits per heavy atom. The highest BCUT2D eigenvalue weighted by atomic mass is 16.5. The van der Waals surface area contributed by atoms with Crippen LogP contribution in [-0.2, 0) is 12.8 Å². The Kier molecular flexibility index (Phi) is 3.27. The first-order chi connectivity index (χ1) is 11.3. The van der Waals surface area contributed by atoms with Gasteiger partial charge in [0.2, 0.25) is 0 Å². The van der Waals surface area contributed by atoms with Crippen molar-refractivity contribution in [3.05, 3.63) is 71.3 Å². The Morgan fingerprint density at radius 3 is 2.57 bits per heavy atom. The predicted molar refractivity (Wildman–Crippen MR) is 92.3 cm³/mol. The Balaban J connectivity index is 1.77. The zero-order valence-electron chi connectivity index (χ0n) is 12.9. The second-order valence-corrected chi connectivity index (χ2v) is 5.77. The van der Waals surface area contributed by atoms with Gasteiger partial charge in [-0.3, -0.25) is 4.79 Å². The van der Waals surface area contributed by atoms with Gasteiger partial charge in [0.1, 0.15) is 5.75 Å². The quantitative estimate of drug-likeness (QED) is 0.787. The number of aryl methyl sites for hydroxylation is 2. The highest BCUT2D eigenvalue weighted by molar-refractivity contribution is 6.14. The molecule has 23 heavy (non-hydrogen) atoms. The number of anilines is 1. The number of para-hydroxylation sites is 2. The van der Waals surface area contributed by atoms with Crippen molar-refractivity contribution in [3.63, 3.8) is 0 Å². The molecule has 0 unspecified atom stereocenters. The first-order valence-corrected chi connectivity index (χ1v) is 7.76. The maximum absolute atomic E-state index is 12.8. The summed E-state index contributed by atoms with van der Waals surface area (Å²) in [6.45, 7) is 0. The van der Waals surface area contributed by atoms with Gasteiger partial charge < -0.3 is 10.1 Å². The molecule has 1 amide bonds. The number of benzene rings is 3. The molecule has 1 aliphatic rings. The largest absolute Gasteiger partial charge is 0.495 e. The van der Waals surface area contributed by atoms with Gasteiger partial charge in [0.15, 0.2) is 0 Å². The molecule has 0 aromatic heterocycles. The zero-order chi connectivity index (χ0) is 15.8. The van der Waals surface area contributed by atoms with Crippen molar-refractivity contribution >= 4 is 22.4 Å². The predicted octanol–water partition coefficient (Wildman–Crippen LogP) is 4.20. The van der Waals surface area contributed by atoms with E-state index in [0.717, 1.165) is 18.2 Å². The lowest BCUT2D eigenvalue weighted by atomic mass is 9.99. The number of carbonyl (C=O) groups is 1. The smallest absolute Gasteiger partial charge is 0.256 e. The SMILES string of the molecule is COc1ccccc1NC(=O)c1ccc2c3c(cccc13)CC2. The van der Waals surface area contributed by atoms with Crippen molar-refractivity contribution in [2.24, 2.45) is 0 Å². The van der Waals surface area contributed by atoms with E-state index in [0.29, 0.717) is 17.0 Å². The molecule has 114 valence electrons.